The van der Waals surface area contributed by atoms with Crippen LogP contribution in [0.1, 0.15) is 54.4 Å². The minimum atomic E-state index is 0.794. The molecule has 0 radical (unpaired) electrons. The number of aryl methyl sites for hydroxylation is 1. The van der Waals surface area contributed by atoms with E-state index in [1.54, 1.807) is 0 Å². The van der Waals surface area contributed by atoms with Gasteiger partial charge in [-0.1, -0.05) is 19.8 Å². The first-order chi connectivity index (χ1) is 8.11. The van der Waals surface area contributed by atoms with Crippen LogP contribution in [0.25, 0.3) is 0 Å². The zero-order valence-electron chi connectivity index (χ0n) is 11.2. The van der Waals surface area contributed by atoms with Crippen molar-refractivity contribution in [2.75, 3.05) is 0 Å². The lowest BCUT2D eigenvalue weighted by Crippen LogP contribution is -2.19. The molecule has 0 spiro atoms. The second-order valence-electron chi connectivity index (χ2n) is 5.69. The number of carbonyl (C=O) groups excluding carboxylic acids is 1. The molecule has 2 unspecified atom stereocenters. The van der Waals surface area contributed by atoms with Crippen LogP contribution in [0.3, 0.4) is 0 Å². The van der Waals surface area contributed by atoms with Gasteiger partial charge in [0.05, 0.1) is 0 Å². The maximum atomic E-state index is 10.9. The number of aldehydes is 1. The molecule has 94 valence electrons. The Morgan fingerprint density at radius 1 is 1.41 bits per heavy atom. The van der Waals surface area contributed by atoms with Crippen molar-refractivity contribution in [3.05, 3.63) is 23.0 Å². The van der Waals surface area contributed by atoms with Gasteiger partial charge in [-0.2, -0.15) is 0 Å². The molecule has 0 N–H and O–H groups in total. The lowest BCUT2D eigenvalue weighted by atomic mass is 9.82. The Morgan fingerprint density at radius 2 is 2.18 bits per heavy atom. The van der Waals surface area contributed by atoms with Gasteiger partial charge in [0.1, 0.15) is 0 Å². The van der Waals surface area contributed by atoms with Crippen molar-refractivity contribution in [1.82, 2.24) is 4.57 Å². The van der Waals surface area contributed by atoms with Crippen LogP contribution in [0.5, 0.6) is 0 Å². The van der Waals surface area contributed by atoms with Gasteiger partial charge in [0.2, 0.25) is 0 Å². The van der Waals surface area contributed by atoms with Crippen LogP contribution in [-0.2, 0) is 6.54 Å². The quantitative estimate of drug-likeness (QED) is 0.729. The first-order valence-electron chi connectivity index (χ1n) is 6.73. The van der Waals surface area contributed by atoms with Crippen LogP contribution in [-0.4, -0.2) is 10.9 Å². The Balaban J connectivity index is 2.12. The van der Waals surface area contributed by atoms with Gasteiger partial charge in [0.15, 0.2) is 6.29 Å². The third-order valence-electron chi connectivity index (χ3n) is 4.23. The highest BCUT2D eigenvalue weighted by atomic mass is 16.1. The highest BCUT2D eigenvalue weighted by Crippen LogP contribution is 2.30. The largest absolute Gasteiger partial charge is 0.348 e. The summed E-state index contributed by atoms with van der Waals surface area (Å²) in [7, 11) is 0. The Hall–Kier alpha value is -1.05. The molecule has 2 rings (SSSR count). The van der Waals surface area contributed by atoms with E-state index in [1.165, 1.54) is 31.4 Å². The first kappa shape index (κ1) is 12.4. The van der Waals surface area contributed by atoms with Crippen molar-refractivity contribution in [2.24, 2.45) is 11.8 Å². The number of nitrogens with zero attached hydrogens (tertiary/aromatic N) is 1. The monoisotopic (exact) mass is 233 g/mol. The summed E-state index contributed by atoms with van der Waals surface area (Å²) in [6, 6.07) is 2.01. The number of hydrogen-bond acceptors (Lipinski definition) is 1. The molecule has 2 heteroatoms. The normalized spacial score (nSPS) is 24.9. The highest BCUT2D eigenvalue weighted by Gasteiger charge is 2.20. The van der Waals surface area contributed by atoms with Crippen LogP contribution in [0.2, 0.25) is 0 Å². The molecule has 17 heavy (non-hydrogen) atoms. The van der Waals surface area contributed by atoms with Crippen LogP contribution < -0.4 is 0 Å². The summed E-state index contributed by atoms with van der Waals surface area (Å²) >= 11 is 0. The molecule has 1 saturated carbocycles. The van der Waals surface area contributed by atoms with Gasteiger partial charge in [0, 0.05) is 23.5 Å². The fourth-order valence-corrected chi connectivity index (χ4v) is 3.21. The fourth-order valence-electron chi connectivity index (χ4n) is 3.21. The van der Waals surface area contributed by atoms with Crippen molar-refractivity contribution in [3.8, 4) is 0 Å². The number of hydrogen-bond donors (Lipinski definition) is 0. The molecule has 0 aliphatic heterocycles. The number of carbonyl (C=O) groups is 1. The van der Waals surface area contributed by atoms with E-state index >= 15 is 0 Å². The third-order valence-corrected chi connectivity index (χ3v) is 4.23. The summed E-state index contributed by atoms with van der Waals surface area (Å²) in [4.78, 5) is 10.9. The molecule has 2 atom stereocenters. The van der Waals surface area contributed by atoms with Gasteiger partial charge in [-0.25, -0.2) is 0 Å². The van der Waals surface area contributed by atoms with Gasteiger partial charge in [-0.05, 0) is 44.6 Å². The Morgan fingerprint density at radius 3 is 2.76 bits per heavy atom. The molecular weight excluding hydrogens is 210 g/mol. The molecule has 0 aromatic carbocycles. The zero-order chi connectivity index (χ0) is 12.4. The SMILES string of the molecule is Cc1cc(C=O)c(C)n1CC1CCCC(C)C1. The van der Waals surface area contributed by atoms with E-state index in [0.29, 0.717) is 0 Å². The van der Waals surface area contributed by atoms with Gasteiger partial charge in [-0.3, -0.25) is 4.79 Å². The maximum Gasteiger partial charge on any atom is 0.151 e. The molecular formula is C15H23NO. The van der Waals surface area contributed by atoms with Crippen molar-refractivity contribution >= 4 is 6.29 Å². The minimum absolute atomic E-state index is 0.794. The van der Waals surface area contributed by atoms with Crippen molar-refractivity contribution < 1.29 is 4.79 Å². The van der Waals surface area contributed by atoms with E-state index in [1.807, 2.05) is 6.07 Å². The summed E-state index contributed by atoms with van der Waals surface area (Å²) in [5.41, 5.74) is 3.21. The molecule has 1 aliphatic carbocycles. The first-order valence-corrected chi connectivity index (χ1v) is 6.73. The van der Waals surface area contributed by atoms with E-state index in [-0.39, 0.29) is 0 Å². The molecule has 0 saturated heterocycles. The van der Waals surface area contributed by atoms with Crippen LogP contribution in [0, 0.1) is 25.7 Å². The summed E-state index contributed by atoms with van der Waals surface area (Å²) in [5.74, 6) is 1.67. The predicted molar refractivity (Wildman–Crippen MR) is 70.4 cm³/mol. The van der Waals surface area contributed by atoms with Crippen LogP contribution in [0.4, 0.5) is 0 Å². The van der Waals surface area contributed by atoms with Crippen molar-refractivity contribution in [1.29, 1.82) is 0 Å². The molecule has 1 aromatic heterocycles. The predicted octanol–water partition coefficient (Wildman–Crippen LogP) is 3.74. The van der Waals surface area contributed by atoms with Gasteiger partial charge >= 0.3 is 0 Å². The van der Waals surface area contributed by atoms with Gasteiger partial charge < -0.3 is 4.57 Å². The molecule has 2 nitrogen and oxygen atoms in total. The van der Waals surface area contributed by atoms with E-state index in [9.17, 15) is 4.79 Å². The second-order valence-corrected chi connectivity index (χ2v) is 5.69. The van der Waals surface area contributed by atoms with Crippen LogP contribution >= 0.6 is 0 Å². The molecule has 1 aromatic rings. The van der Waals surface area contributed by atoms with Crippen molar-refractivity contribution in [2.45, 2.75) is 53.0 Å². The lowest BCUT2D eigenvalue weighted by Gasteiger charge is -2.28. The molecule has 1 heterocycles. The summed E-state index contributed by atoms with van der Waals surface area (Å²) in [6.07, 6.45) is 6.42. The topological polar surface area (TPSA) is 22.0 Å². The average Bonchev–Trinajstić information content (AvgIpc) is 2.56. The zero-order valence-corrected chi connectivity index (χ0v) is 11.2. The number of rotatable bonds is 3. The molecule has 1 fully saturated rings. The minimum Gasteiger partial charge on any atom is -0.348 e. The Labute approximate surface area is 104 Å². The standard InChI is InChI=1S/C15H23NO/c1-11-5-4-6-14(7-11)9-16-12(2)8-15(10-17)13(16)3/h8,10-11,14H,4-7,9H2,1-3H3. The third kappa shape index (κ3) is 2.62. The molecule has 0 amide bonds. The molecule has 0 bridgehead atoms. The van der Waals surface area contributed by atoms with Crippen molar-refractivity contribution in [3.63, 3.8) is 0 Å². The summed E-state index contributed by atoms with van der Waals surface area (Å²) < 4.78 is 2.33. The maximum absolute atomic E-state index is 10.9. The summed E-state index contributed by atoms with van der Waals surface area (Å²) in [6.45, 7) is 7.61. The highest BCUT2D eigenvalue weighted by molar-refractivity contribution is 5.77. The fraction of sp³-hybridized carbons (Fsp3) is 0.667. The second kappa shape index (κ2) is 5.07. The average molecular weight is 233 g/mol. The molecule has 1 aliphatic rings. The number of aromatic nitrogens is 1. The van der Waals surface area contributed by atoms with E-state index in [4.69, 9.17) is 0 Å². The van der Waals surface area contributed by atoms with Gasteiger partial charge in [-0.15, -0.1) is 0 Å². The lowest BCUT2D eigenvalue weighted by molar-refractivity contribution is 0.112. The van der Waals surface area contributed by atoms with Gasteiger partial charge in [0.25, 0.3) is 0 Å². The van der Waals surface area contributed by atoms with E-state index in [0.717, 1.165) is 35.9 Å². The summed E-state index contributed by atoms with van der Waals surface area (Å²) in [5, 5.41) is 0. The smallest absolute Gasteiger partial charge is 0.151 e. The van der Waals surface area contributed by atoms with E-state index in [2.05, 4.69) is 25.3 Å². The van der Waals surface area contributed by atoms with E-state index < -0.39 is 0 Å². The Bertz CT molecular complexity index is 405. The van der Waals surface area contributed by atoms with Crippen LogP contribution in [0.15, 0.2) is 6.07 Å². The Kier molecular flexibility index (Phi) is 3.70.